The van der Waals surface area contributed by atoms with E-state index in [0.29, 0.717) is 0 Å². The summed E-state index contributed by atoms with van der Waals surface area (Å²) in [4.78, 5) is 9.00. The van der Waals surface area contributed by atoms with Crippen molar-refractivity contribution >= 4 is 84.4 Å². The quantitative estimate of drug-likeness (QED) is 0.485. The molecule has 5 heteroatoms. The molecule has 3 N–H and O–H groups in total. The van der Waals surface area contributed by atoms with E-state index >= 15 is 0 Å². The summed E-state index contributed by atoms with van der Waals surface area (Å²) in [6.07, 6.45) is 0. The average Bonchev–Trinajstić information content (AvgIpc) is 0.811. The van der Waals surface area contributed by atoms with Crippen molar-refractivity contribution in [3.05, 3.63) is 0 Å². The van der Waals surface area contributed by atoms with Crippen LogP contribution in [0.1, 0.15) is 6.92 Å². The predicted octanol–water partition coefficient (Wildman–Crippen LogP) is -2.30. The van der Waals surface area contributed by atoms with E-state index in [9.17, 15) is 0 Å². The molecule has 0 rings (SSSR count). The fourth-order valence-corrected chi connectivity index (χ4v) is 0. The molecule has 0 fully saturated rings. The van der Waals surface area contributed by atoms with Crippen LogP contribution in [0.4, 0.5) is 0 Å². The van der Waals surface area contributed by atoms with Crippen LogP contribution in [0.3, 0.4) is 0 Å². The molecule has 0 atom stereocenters. The molecule has 3 nitrogen and oxygen atoms in total. The van der Waals surface area contributed by atoms with Crippen molar-refractivity contribution in [1.29, 1.82) is 0 Å². The number of aliphatic carboxylic acids is 1. The van der Waals surface area contributed by atoms with E-state index in [0.717, 1.165) is 6.92 Å². The Labute approximate surface area is 105 Å². The van der Waals surface area contributed by atoms with E-state index in [1.807, 2.05) is 0 Å². The number of carbonyl (C=O) groups is 1. The van der Waals surface area contributed by atoms with Crippen molar-refractivity contribution < 1.29 is 15.4 Å². The van der Waals surface area contributed by atoms with Gasteiger partial charge in [-0.2, -0.15) is 0 Å². The number of carboxylic acids is 1. The molecule has 0 radical (unpaired) electrons. The Morgan fingerprint density at radius 3 is 1.57 bits per heavy atom. The molecule has 0 saturated carbocycles. The zero-order chi connectivity index (χ0) is 3.58. The molecule has 0 unspecified atom stereocenters. The Bertz CT molecular complexity index is 35.9. The summed E-state index contributed by atoms with van der Waals surface area (Å²) < 4.78 is 0. The summed E-state index contributed by atoms with van der Waals surface area (Å²) in [6.45, 7) is 1.08. The van der Waals surface area contributed by atoms with Gasteiger partial charge in [-0.1, -0.05) is 0 Å². The second-order valence-electron chi connectivity index (χ2n) is 0.519. The first-order valence-electron chi connectivity index (χ1n) is 0.928. The Morgan fingerprint density at radius 2 is 1.57 bits per heavy atom. The van der Waals surface area contributed by atoms with Crippen molar-refractivity contribution in [2.45, 2.75) is 6.92 Å². The summed E-state index contributed by atoms with van der Waals surface area (Å²) in [7, 11) is 0. The summed E-state index contributed by atoms with van der Waals surface area (Å²) in [5.41, 5.74) is 0. The average molecular weight is 241 g/mol. The van der Waals surface area contributed by atoms with Crippen LogP contribution in [0.2, 0.25) is 0 Å². The first-order chi connectivity index (χ1) is 1.73. The molecule has 0 aliphatic rings. The van der Waals surface area contributed by atoms with Crippen LogP contribution in [0.15, 0.2) is 0 Å². The minimum absolute atomic E-state index is 0. The summed E-state index contributed by atoms with van der Waals surface area (Å²) in [5.74, 6) is -0.833. The van der Waals surface area contributed by atoms with E-state index in [-0.39, 0.29) is 83.9 Å². The molecule has 0 aromatic rings. The number of rotatable bonds is 0. The third-order valence-electron chi connectivity index (χ3n) is 0. The van der Waals surface area contributed by atoms with Crippen molar-refractivity contribution in [1.82, 2.24) is 0 Å². The third kappa shape index (κ3) is 71.9. The van der Waals surface area contributed by atoms with Crippen molar-refractivity contribution in [3.63, 3.8) is 0 Å². The number of carboxylic acid groups (broad SMARTS) is 1. The standard InChI is InChI=1S/C2H4O2.Ba.Na.H2O.3H/c1-2(3)4;;;;;;/h1H3,(H,3,4);;;1H2;;;. The van der Waals surface area contributed by atoms with E-state index in [4.69, 9.17) is 9.90 Å². The van der Waals surface area contributed by atoms with Crippen LogP contribution >= 0.6 is 0 Å². The summed E-state index contributed by atoms with van der Waals surface area (Å²) in [5, 5.41) is 7.42. The van der Waals surface area contributed by atoms with E-state index in [1.165, 1.54) is 0 Å². The zero-order valence-corrected chi connectivity index (χ0v) is 2.86. The Morgan fingerprint density at radius 1 is 1.57 bits per heavy atom. The van der Waals surface area contributed by atoms with Crippen LogP contribution in [-0.4, -0.2) is 95.0 Å². The van der Waals surface area contributed by atoms with Gasteiger partial charge in [0.05, 0.1) is 0 Å². The van der Waals surface area contributed by atoms with Gasteiger partial charge in [0, 0.05) is 6.92 Å². The maximum absolute atomic E-state index is 9.00. The second-order valence-corrected chi connectivity index (χ2v) is 0.519. The van der Waals surface area contributed by atoms with Gasteiger partial charge in [0.2, 0.25) is 0 Å². The fourth-order valence-electron chi connectivity index (χ4n) is 0. The van der Waals surface area contributed by atoms with Crippen LogP contribution in [-0.2, 0) is 4.79 Å². The van der Waals surface area contributed by atoms with Gasteiger partial charge in [-0.3, -0.25) is 4.79 Å². The molecular formula is C2H9BaNaO3. The van der Waals surface area contributed by atoms with Crippen LogP contribution in [0, 0.1) is 0 Å². The Kier molecular flexibility index (Phi) is 51.6. The van der Waals surface area contributed by atoms with E-state index in [2.05, 4.69) is 0 Å². The predicted molar refractivity (Wildman–Crippen MR) is 32.6 cm³/mol. The van der Waals surface area contributed by atoms with Crippen molar-refractivity contribution in [2.24, 2.45) is 0 Å². The molecule has 0 aromatic carbocycles. The van der Waals surface area contributed by atoms with Crippen molar-refractivity contribution in [3.8, 4) is 0 Å². The first kappa shape index (κ1) is 23.0. The molecule has 38 valence electrons. The molecular weight excluding hydrogens is 232 g/mol. The number of hydrogen-bond donors (Lipinski definition) is 1. The van der Waals surface area contributed by atoms with Gasteiger partial charge in [0.15, 0.2) is 0 Å². The normalized spacial score (nSPS) is 3.57. The minimum atomic E-state index is -0.833. The fraction of sp³-hybridized carbons (Fsp3) is 0.500. The SMILES string of the molecule is CC(=O)O.O.[BaH2].[NaH]. The van der Waals surface area contributed by atoms with Gasteiger partial charge in [-0.15, -0.1) is 0 Å². The van der Waals surface area contributed by atoms with Crippen LogP contribution in [0.25, 0.3) is 0 Å². The zero-order valence-electron chi connectivity index (χ0n) is 2.86. The van der Waals surface area contributed by atoms with Gasteiger partial charge < -0.3 is 10.6 Å². The summed E-state index contributed by atoms with van der Waals surface area (Å²) in [6, 6.07) is 0. The molecule has 0 aromatic heterocycles. The van der Waals surface area contributed by atoms with Gasteiger partial charge in [-0.25, -0.2) is 0 Å². The van der Waals surface area contributed by atoms with Crippen LogP contribution in [0.5, 0.6) is 0 Å². The topological polar surface area (TPSA) is 68.8 Å². The van der Waals surface area contributed by atoms with E-state index in [1.54, 1.807) is 0 Å². The molecule has 0 heterocycles. The summed E-state index contributed by atoms with van der Waals surface area (Å²) >= 11 is 0. The number of hydrogen-bond acceptors (Lipinski definition) is 1. The monoisotopic (exact) mass is 242 g/mol. The van der Waals surface area contributed by atoms with Gasteiger partial charge in [0.25, 0.3) is 5.97 Å². The molecule has 0 saturated heterocycles. The molecule has 0 aliphatic carbocycles. The molecule has 7 heavy (non-hydrogen) atoms. The van der Waals surface area contributed by atoms with Crippen molar-refractivity contribution in [2.75, 3.05) is 0 Å². The molecule has 0 bridgehead atoms. The van der Waals surface area contributed by atoms with Crippen LogP contribution < -0.4 is 0 Å². The van der Waals surface area contributed by atoms with Gasteiger partial charge in [-0.05, 0) is 0 Å². The molecule has 0 aliphatic heterocycles. The second kappa shape index (κ2) is 15.7. The molecule has 0 spiro atoms. The first-order valence-corrected chi connectivity index (χ1v) is 0.928. The van der Waals surface area contributed by atoms with E-state index < -0.39 is 5.97 Å². The Hall–Kier alpha value is 2.00. The third-order valence-corrected chi connectivity index (χ3v) is 0. The maximum atomic E-state index is 9.00. The Balaban J connectivity index is -0.0000000150. The molecule has 0 amide bonds. The van der Waals surface area contributed by atoms with Gasteiger partial charge in [0.1, 0.15) is 0 Å². The van der Waals surface area contributed by atoms with Gasteiger partial charge >= 0.3 is 78.4 Å².